The molecule has 0 spiro atoms. The molecular weight excluding hydrogens is 533 g/mol. The molecule has 3 heterocycles. The van der Waals surface area contributed by atoms with Gasteiger partial charge in [-0.3, -0.25) is 18.9 Å². The molecule has 0 radical (unpaired) electrons. The van der Waals surface area contributed by atoms with Crippen molar-refractivity contribution in [1.82, 2.24) is 24.4 Å². The van der Waals surface area contributed by atoms with Crippen LogP contribution in [0.2, 0.25) is 5.02 Å². The van der Waals surface area contributed by atoms with Gasteiger partial charge in [-0.1, -0.05) is 23.7 Å². The van der Waals surface area contributed by atoms with Gasteiger partial charge in [0, 0.05) is 31.9 Å². The molecule has 8 nitrogen and oxygen atoms in total. The molecule has 1 aromatic carbocycles. The van der Waals surface area contributed by atoms with Gasteiger partial charge in [0.15, 0.2) is 11.6 Å². The summed E-state index contributed by atoms with van der Waals surface area (Å²) in [6.07, 6.45) is 2.35. The van der Waals surface area contributed by atoms with Crippen LogP contribution in [0.1, 0.15) is 48.2 Å². The van der Waals surface area contributed by atoms with Crippen LogP contribution in [0.3, 0.4) is 0 Å². The number of fused-ring (bicyclic) bond motifs is 1. The van der Waals surface area contributed by atoms with Crippen LogP contribution >= 0.6 is 11.6 Å². The first-order valence-corrected chi connectivity index (χ1v) is 12.9. The molecule has 1 fully saturated rings. The van der Waals surface area contributed by atoms with E-state index in [2.05, 4.69) is 20.6 Å². The maximum atomic E-state index is 14.4. The number of halogens is 4. The minimum atomic E-state index is -2.90. The van der Waals surface area contributed by atoms with Gasteiger partial charge in [-0.05, 0) is 49.8 Å². The molecule has 1 aliphatic carbocycles. The van der Waals surface area contributed by atoms with Gasteiger partial charge < -0.3 is 10.6 Å². The number of imidazole rings is 1. The van der Waals surface area contributed by atoms with Crippen molar-refractivity contribution in [3.05, 3.63) is 81.4 Å². The maximum absolute atomic E-state index is 14.4. The summed E-state index contributed by atoms with van der Waals surface area (Å²) in [5.74, 6) is -0.945. The summed E-state index contributed by atoms with van der Waals surface area (Å²) in [5.41, 5.74) is 0.579. The predicted molar refractivity (Wildman–Crippen MR) is 142 cm³/mol. The molecule has 204 valence electrons. The summed E-state index contributed by atoms with van der Waals surface area (Å²) < 4.78 is 44.2. The molecule has 0 atom stereocenters. The van der Waals surface area contributed by atoms with E-state index in [-0.39, 0.29) is 34.1 Å². The molecular formula is C27H26ClF3N6O2. The lowest BCUT2D eigenvalue weighted by atomic mass is 9.85. The Bertz CT molecular complexity index is 1580. The summed E-state index contributed by atoms with van der Waals surface area (Å²) >= 11 is 5.88. The molecule has 12 heteroatoms. The van der Waals surface area contributed by atoms with Crippen molar-refractivity contribution >= 4 is 34.4 Å². The largest absolute Gasteiger partial charge is 0.371 e. The smallest absolute Gasteiger partial charge is 0.333 e. The number of alkyl halides is 2. The van der Waals surface area contributed by atoms with E-state index in [1.54, 1.807) is 11.6 Å². The van der Waals surface area contributed by atoms with Gasteiger partial charge in [0.05, 0.1) is 33.5 Å². The number of pyridine rings is 2. The molecule has 4 aromatic rings. The third-order valence-electron chi connectivity index (χ3n) is 7.12. The summed E-state index contributed by atoms with van der Waals surface area (Å²) in [4.78, 5) is 34.0. The lowest BCUT2D eigenvalue weighted by Gasteiger charge is -2.29. The van der Waals surface area contributed by atoms with Crippen LogP contribution in [0.25, 0.3) is 16.7 Å². The SMILES string of the molecule is CNc1ncc(-n2c(=O)n(CC3CCC(NC(=O)c4cc(Cl)cnc4C(F)F)CC3)c3ccccc32)cc1F. The first-order valence-electron chi connectivity index (χ1n) is 12.5. The Balaban J connectivity index is 1.31. The highest BCUT2D eigenvalue weighted by Crippen LogP contribution is 2.29. The lowest BCUT2D eigenvalue weighted by molar-refractivity contribution is 0.0904. The standard InChI is InChI=1S/C27H26ClF3N6O2/c1-32-25-20(29)11-18(13-34-25)37-22-5-3-2-4-21(22)36(27(37)39)14-15-6-8-17(9-7-15)35-26(38)19-10-16(28)12-33-23(19)24(30)31/h2-5,10-13,15,17,24H,6-9,14H2,1H3,(H,32,34)(H,35,38). The van der Waals surface area contributed by atoms with Crippen LogP contribution in [-0.2, 0) is 6.54 Å². The van der Waals surface area contributed by atoms with E-state index in [1.807, 2.05) is 24.3 Å². The molecule has 0 aliphatic heterocycles. The van der Waals surface area contributed by atoms with Crippen molar-refractivity contribution in [2.24, 2.45) is 5.92 Å². The first-order chi connectivity index (χ1) is 18.8. The number of carbonyl (C=O) groups excluding carboxylic acids is 1. The number of aromatic nitrogens is 4. The van der Waals surface area contributed by atoms with Crippen LogP contribution in [0.4, 0.5) is 19.0 Å². The summed E-state index contributed by atoms with van der Waals surface area (Å²) in [6, 6.07) is 9.60. The second kappa shape index (κ2) is 11.1. The zero-order valence-electron chi connectivity index (χ0n) is 21.0. The average molecular weight is 559 g/mol. The van der Waals surface area contributed by atoms with Gasteiger partial charge in [-0.25, -0.2) is 22.9 Å². The van der Waals surface area contributed by atoms with Crippen molar-refractivity contribution in [2.75, 3.05) is 12.4 Å². The zero-order chi connectivity index (χ0) is 27.7. The highest BCUT2D eigenvalue weighted by molar-refractivity contribution is 6.30. The van der Waals surface area contributed by atoms with Crippen LogP contribution in [-0.4, -0.2) is 38.1 Å². The fourth-order valence-electron chi connectivity index (χ4n) is 5.18. The quantitative estimate of drug-likeness (QED) is 0.319. The molecule has 1 amide bonds. The van der Waals surface area contributed by atoms with Gasteiger partial charge in [0.25, 0.3) is 12.3 Å². The van der Waals surface area contributed by atoms with Gasteiger partial charge in [-0.2, -0.15) is 0 Å². The lowest BCUT2D eigenvalue weighted by Crippen LogP contribution is -2.39. The van der Waals surface area contributed by atoms with Gasteiger partial charge in [0.2, 0.25) is 0 Å². The second-order valence-electron chi connectivity index (χ2n) is 9.57. The molecule has 5 rings (SSSR count). The molecule has 0 bridgehead atoms. The van der Waals surface area contributed by atoms with Crippen LogP contribution in [0, 0.1) is 11.7 Å². The molecule has 2 N–H and O–H groups in total. The zero-order valence-corrected chi connectivity index (χ0v) is 21.8. The third kappa shape index (κ3) is 5.36. The average Bonchev–Trinajstić information content (AvgIpc) is 3.20. The number of anilines is 1. The van der Waals surface area contributed by atoms with Crippen LogP contribution in [0.15, 0.2) is 53.6 Å². The van der Waals surface area contributed by atoms with Crippen molar-refractivity contribution in [2.45, 2.75) is 44.7 Å². The number of rotatable bonds is 7. The number of carbonyl (C=O) groups is 1. The minimum Gasteiger partial charge on any atom is -0.371 e. The van der Waals surface area contributed by atoms with E-state index >= 15 is 0 Å². The number of nitrogens with zero attached hydrogens (tertiary/aromatic N) is 4. The Kier molecular flexibility index (Phi) is 7.60. The van der Waals surface area contributed by atoms with Crippen LogP contribution < -0.4 is 16.3 Å². The van der Waals surface area contributed by atoms with Gasteiger partial charge in [0.1, 0.15) is 5.69 Å². The number of para-hydroxylation sites is 2. The van der Waals surface area contributed by atoms with E-state index < -0.39 is 23.8 Å². The highest BCUT2D eigenvalue weighted by atomic mass is 35.5. The Labute approximate surface area is 226 Å². The molecule has 1 aliphatic rings. The van der Waals surface area contributed by atoms with Crippen LogP contribution in [0.5, 0.6) is 0 Å². The Morgan fingerprint density at radius 3 is 2.49 bits per heavy atom. The molecule has 1 saturated carbocycles. The van der Waals surface area contributed by atoms with Crippen molar-refractivity contribution in [1.29, 1.82) is 0 Å². The monoisotopic (exact) mass is 558 g/mol. The highest BCUT2D eigenvalue weighted by Gasteiger charge is 2.27. The summed E-state index contributed by atoms with van der Waals surface area (Å²) in [5, 5.41) is 5.61. The summed E-state index contributed by atoms with van der Waals surface area (Å²) in [6.45, 7) is 0.450. The van der Waals surface area contributed by atoms with E-state index in [1.165, 1.54) is 22.9 Å². The van der Waals surface area contributed by atoms with Gasteiger partial charge >= 0.3 is 5.69 Å². The Morgan fingerprint density at radius 1 is 1.10 bits per heavy atom. The molecule has 3 aromatic heterocycles. The number of hydrogen-bond acceptors (Lipinski definition) is 5. The fraction of sp³-hybridized carbons (Fsp3) is 0.333. The fourth-order valence-corrected chi connectivity index (χ4v) is 5.34. The summed E-state index contributed by atoms with van der Waals surface area (Å²) in [7, 11) is 1.57. The van der Waals surface area contributed by atoms with E-state index in [0.29, 0.717) is 30.6 Å². The van der Waals surface area contributed by atoms with E-state index in [4.69, 9.17) is 11.6 Å². The number of hydrogen-bond donors (Lipinski definition) is 2. The minimum absolute atomic E-state index is 0.0939. The topological polar surface area (TPSA) is 93.8 Å². The molecule has 0 saturated heterocycles. The van der Waals surface area contributed by atoms with Crippen molar-refractivity contribution in [3.63, 3.8) is 0 Å². The maximum Gasteiger partial charge on any atom is 0.333 e. The van der Waals surface area contributed by atoms with E-state index in [9.17, 15) is 22.8 Å². The van der Waals surface area contributed by atoms with E-state index in [0.717, 1.165) is 24.6 Å². The first kappa shape index (κ1) is 26.7. The Morgan fingerprint density at radius 2 is 1.82 bits per heavy atom. The molecule has 39 heavy (non-hydrogen) atoms. The number of benzene rings is 1. The predicted octanol–water partition coefficient (Wildman–Crippen LogP) is 5.34. The Hall–Kier alpha value is -3.86. The molecule has 0 unspecified atom stereocenters. The normalized spacial score (nSPS) is 17.5. The number of nitrogens with one attached hydrogen (secondary N) is 2. The number of amides is 1. The van der Waals surface area contributed by atoms with Gasteiger partial charge in [-0.15, -0.1) is 0 Å². The van der Waals surface area contributed by atoms with Crippen molar-refractivity contribution < 1.29 is 18.0 Å². The second-order valence-corrected chi connectivity index (χ2v) is 10.0. The third-order valence-corrected chi connectivity index (χ3v) is 7.32. The van der Waals surface area contributed by atoms with Crippen molar-refractivity contribution in [3.8, 4) is 5.69 Å².